The van der Waals surface area contributed by atoms with Crippen LogP contribution < -0.4 is 0 Å². The summed E-state index contributed by atoms with van der Waals surface area (Å²) in [6, 6.07) is 0. The van der Waals surface area contributed by atoms with Crippen LogP contribution in [-0.4, -0.2) is 33.5 Å². The molecule has 5 rings (SSSR count). The molecular formula is C30H48O4. The number of allylic oxidation sites excluding steroid dienone is 2. The molecule has 4 nitrogen and oxygen atoms in total. The number of fused-ring (bicyclic) bond motifs is 7. The Kier molecular flexibility index (Phi) is 5.20. The molecule has 0 aromatic rings. The summed E-state index contributed by atoms with van der Waals surface area (Å²) >= 11 is 0. The molecule has 3 N–H and O–H groups in total. The van der Waals surface area contributed by atoms with Gasteiger partial charge in [0.1, 0.15) is 0 Å². The van der Waals surface area contributed by atoms with Crippen molar-refractivity contribution in [2.75, 3.05) is 0 Å². The van der Waals surface area contributed by atoms with Crippen LogP contribution in [0.25, 0.3) is 0 Å². The predicted molar refractivity (Wildman–Crippen MR) is 134 cm³/mol. The lowest BCUT2D eigenvalue weighted by Gasteiger charge is -2.72. The van der Waals surface area contributed by atoms with Gasteiger partial charge in [0, 0.05) is 0 Å². The first kappa shape index (κ1) is 24.8. The van der Waals surface area contributed by atoms with E-state index in [9.17, 15) is 20.1 Å². The van der Waals surface area contributed by atoms with Crippen molar-refractivity contribution >= 4 is 5.97 Å². The zero-order chi connectivity index (χ0) is 25.1. The van der Waals surface area contributed by atoms with Gasteiger partial charge >= 0.3 is 5.97 Å². The monoisotopic (exact) mass is 472 g/mol. The van der Waals surface area contributed by atoms with E-state index >= 15 is 0 Å². The van der Waals surface area contributed by atoms with Crippen molar-refractivity contribution in [2.45, 2.75) is 118 Å². The number of aliphatic hydroxyl groups is 2. The summed E-state index contributed by atoms with van der Waals surface area (Å²) in [5.41, 5.74) is 0.421. The fourth-order valence-electron chi connectivity index (χ4n) is 10.8. The number of carboxylic acid groups (broad SMARTS) is 1. The van der Waals surface area contributed by atoms with Crippen LogP contribution in [0.5, 0.6) is 0 Å². The van der Waals surface area contributed by atoms with Gasteiger partial charge in [-0.3, -0.25) is 4.79 Å². The molecule has 5 aliphatic carbocycles. The molecule has 0 saturated heterocycles. The van der Waals surface area contributed by atoms with Gasteiger partial charge in [0.15, 0.2) is 0 Å². The molecule has 4 fully saturated rings. The van der Waals surface area contributed by atoms with Crippen molar-refractivity contribution in [3.8, 4) is 0 Å². The third kappa shape index (κ3) is 2.88. The first-order valence-electron chi connectivity index (χ1n) is 13.9. The summed E-state index contributed by atoms with van der Waals surface area (Å²) < 4.78 is 0. The lowest BCUT2D eigenvalue weighted by atomic mass is 9.33. The maximum Gasteiger partial charge on any atom is 0.310 e. The maximum atomic E-state index is 12.8. The molecule has 0 radical (unpaired) electrons. The van der Waals surface area contributed by atoms with E-state index in [1.807, 2.05) is 0 Å². The predicted octanol–water partition coefficient (Wildman–Crippen LogP) is 6.20. The molecule has 34 heavy (non-hydrogen) atoms. The SMILES string of the molecule is CC1(C)CC[C@]2(C(=O)O)CC[C@]3(C)C(=CC[C@@H]4[C@@]5(C)CC[C@H](O)C(C)(C)[C@@H]5[C@H](O)C[C@]43C)[C@@H]2C1. The molecular weight excluding hydrogens is 424 g/mol. The summed E-state index contributed by atoms with van der Waals surface area (Å²) in [5, 5.41) is 33.1. The summed E-state index contributed by atoms with van der Waals surface area (Å²) in [4.78, 5) is 12.8. The molecule has 0 unspecified atom stereocenters. The van der Waals surface area contributed by atoms with Crippen LogP contribution in [0.1, 0.15) is 106 Å². The molecule has 0 heterocycles. The van der Waals surface area contributed by atoms with E-state index in [-0.39, 0.29) is 45.0 Å². The molecule has 0 amide bonds. The van der Waals surface area contributed by atoms with Gasteiger partial charge in [0.05, 0.1) is 17.6 Å². The number of aliphatic hydroxyl groups excluding tert-OH is 2. The molecule has 0 spiro atoms. The standard InChI is InChI=1S/C30H48O4/c1-25(2)12-14-30(24(33)34)15-13-28(6)18(19(30)16-25)8-9-21-27(5)11-10-22(32)26(3,4)23(27)20(31)17-29(21,28)7/h8,19-23,31-32H,9-17H2,1-7H3,(H,33,34)/t19-,20+,21+,22-,23-,27+,28+,29+,30-/m0/s1. The lowest BCUT2D eigenvalue weighted by molar-refractivity contribution is -0.242. The third-order valence-electron chi connectivity index (χ3n) is 12.9. The summed E-state index contributed by atoms with van der Waals surface area (Å²) in [5.74, 6) is 0.0121. The van der Waals surface area contributed by atoms with Crippen LogP contribution in [0.2, 0.25) is 0 Å². The van der Waals surface area contributed by atoms with Crippen molar-refractivity contribution in [3.05, 3.63) is 11.6 Å². The largest absolute Gasteiger partial charge is 0.481 e. The van der Waals surface area contributed by atoms with Crippen LogP contribution >= 0.6 is 0 Å². The van der Waals surface area contributed by atoms with E-state index in [1.54, 1.807) is 0 Å². The molecule has 0 aromatic carbocycles. The van der Waals surface area contributed by atoms with Gasteiger partial charge in [-0.25, -0.2) is 0 Å². The Morgan fingerprint density at radius 2 is 1.56 bits per heavy atom. The second-order valence-electron chi connectivity index (χ2n) is 15.2. The van der Waals surface area contributed by atoms with E-state index < -0.39 is 17.5 Å². The summed E-state index contributed by atoms with van der Waals surface area (Å²) in [6.45, 7) is 16.2. The highest BCUT2D eigenvalue weighted by atomic mass is 16.4. The average molecular weight is 473 g/mol. The fraction of sp³-hybridized carbons (Fsp3) is 0.900. The number of carboxylic acids is 1. The normalized spacial score (nSPS) is 53.4. The minimum absolute atomic E-state index is 0.0344. The highest BCUT2D eigenvalue weighted by Gasteiger charge is 2.70. The second-order valence-corrected chi connectivity index (χ2v) is 15.2. The van der Waals surface area contributed by atoms with Gasteiger partial charge in [-0.05, 0) is 103 Å². The van der Waals surface area contributed by atoms with E-state index in [1.165, 1.54) is 5.57 Å². The maximum absolute atomic E-state index is 12.8. The van der Waals surface area contributed by atoms with Gasteiger partial charge < -0.3 is 15.3 Å². The number of aliphatic carboxylic acids is 1. The molecule has 4 saturated carbocycles. The lowest BCUT2D eigenvalue weighted by Crippen LogP contribution is -2.68. The Labute approximate surface area is 206 Å². The first-order valence-corrected chi connectivity index (χ1v) is 13.9. The Morgan fingerprint density at radius 3 is 2.21 bits per heavy atom. The average Bonchev–Trinajstić information content (AvgIpc) is 2.70. The van der Waals surface area contributed by atoms with Crippen LogP contribution in [0.4, 0.5) is 0 Å². The quantitative estimate of drug-likeness (QED) is 0.397. The highest BCUT2D eigenvalue weighted by Crippen LogP contribution is 2.75. The van der Waals surface area contributed by atoms with Crippen molar-refractivity contribution in [1.82, 2.24) is 0 Å². The third-order valence-corrected chi connectivity index (χ3v) is 12.9. The Bertz CT molecular complexity index is 919. The molecule has 5 aliphatic rings. The number of hydrogen-bond donors (Lipinski definition) is 3. The van der Waals surface area contributed by atoms with Crippen LogP contribution in [0, 0.1) is 50.2 Å². The highest BCUT2D eigenvalue weighted by molar-refractivity contribution is 5.76. The van der Waals surface area contributed by atoms with Crippen molar-refractivity contribution in [2.24, 2.45) is 50.2 Å². The molecule has 4 heteroatoms. The van der Waals surface area contributed by atoms with Gasteiger partial charge in [-0.15, -0.1) is 0 Å². The van der Waals surface area contributed by atoms with Crippen molar-refractivity contribution in [3.63, 3.8) is 0 Å². The van der Waals surface area contributed by atoms with Crippen molar-refractivity contribution < 1.29 is 20.1 Å². The molecule has 9 atom stereocenters. The molecule has 0 aliphatic heterocycles. The summed E-state index contributed by atoms with van der Waals surface area (Å²) in [6.07, 6.45) is 9.49. The van der Waals surface area contributed by atoms with E-state index in [2.05, 4.69) is 54.5 Å². The number of carbonyl (C=O) groups is 1. The smallest absolute Gasteiger partial charge is 0.310 e. The summed E-state index contributed by atoms with van der Waals surface area (Å²) in [7, 11) is 0. The molecule has 0 bridgehead atoms. The van der Waals surface area contributed by atoms with Crippen LogP contribution in [0.3, 0.4) is 0 Å². The minimum atomic E-state index is -0.624. The van der Waals surface area contributed by atoms with E-state index in [4.69, 9.17) is 0 Å². The zero-order valence-electron chi connectivity index (χ0n) is 22.6. The van der Waals surface area contributed by atoms with Gasteiger partial charge in [0.25, 0.3) is 0 Å². The van der Waals surface area contributed by atoms with E-state index in [0.29, 0.717) is 5.92 Å². The van der Waals surface area contributed by atoms with Crippen LogP contribution in [0.15, 0.2) is 11.6 Å². The molecule has 192 valence electrons. The van der Waals surface area contributed by atoms with Gasteiger partial charge in [-0.2, -0.15) is 0 Å². The van der Waals surface area contributed by atoms with Crippen molar-refractivity contribution in [1.29, 1.82) is 0 Å². The zero-order valence-corrected chi connectivity index (χ0v) is 22.6. The van der Waals surface area contributed by atoms with Crippen LogP contribution in [-0.2, 0) is 4.79 Å². The fourth-order valence-corrected chi connectivity index (χ4v) is 10.8. The Morgan fingerprint density at radius 1 is 0.912 bits per heavy atom. The van der Waals surface area contributed by atoms with E-state index in [0.717, 1.165) is 57.8 Å². The minimum Gasteiger partial charge on any atom is -0.481 e. The van der Waals surface area contributed by atoms with Gasteiger partial charge in [-0.1, -0.05) is 60.1 Å². The van der Waals surface area contributed by atoms with Gasteiger partial charge in [0.2, 0.25) is 0 Å². The number of hydrogen-bond acceptors (Lipinski definition) is 3. The molecule has 0 aromatic heterocycles. The Hall–Kier alpha value is -0.870. The topological polar surface area (TPSA) is 77.8 Å². The second kappa shape index (κ2) is 7.12. The first-order chi connectivity index (χ1) is 15.6. The Balaban J connectivity index is 1.63. The number of rotatable bonds is 1.